The van der Waals surface area contributed by atoms with E-state index in [1.54, 1.807) is 0 Å². The first-order valence-corrected chi connectivity index (χ1v) is 8.25. The van der Waals surface area contributed by atoms with Crippen molar-refractivity contribution in [2.75, 3.05) is 32.8 Å². The number of hydrogen-bond acceptors (Lipinski definition) is 4. The Balaban J connectivity index is 2.03. The standard InChI is InChI=1S/C16H29N3O/c1-14(12-17)16(18-8-3-2-4-9-18)19-10-5-6-15(13-19)7-11-20/h14-16,20H,2-11,13H2,1H3. The van der Waals surface area contributed by atoms with Crippen molar-refractivity contribution in [1.29, 1.82) is 5.26 Å². The van der Waals surface area contributed by atoms with E-state index in [-0.39, 0.29) is 12.1 Å². The highest BCUT2D eigenvalue weighted by atomic mass is 16.3. The fourth-order valence-electron chi connectivity index (χ4n) is 3.87. The van der Waals surface area contributed by atoms with Gasteiger partial charge in [-0.05, 0) is 64.6 Å². The maximum Gasteiger partial charge on any atom is 0.0782 e. The maximum absolute atomic E-state index is 9.39. The quantitative estimate of drug-likeness (QED) is 0.837. The first kappa shape index (κ1) is 15.8. The summed E-state index contributed by atoms with van der Waals surface area (Å²) in [4.78, 5) is 5.04. The molecule has 0 amide bonds. The molecule has 0 aliphatic carbocycles. The minimum Gasteiger partial charge on any atom is -0.396 e. The Morgan fingerprint density at radius 2 is 1.85 bits per heavy atom. The summed E-state index contributed by atoms with van der Waals surface area (Å²) in [5.41, 5.74) is 0. The lowest BCUT2D eigenvalue weighted by atomic mass is 9.93. The van der Waals surface area contributed by atoms with Crippen molar-refractivity contribution in [3.05, 3.63) is 0 Å². The van der Waals surface area contributed by atoms with Crippen LogP contribution in [0, 0.1) is 23.2 Å². The molecule has 2 heterocycles. The molecule has 3 atom stereocenters. The number of aliphatic hydroxyl groups is 1. The summed E-state index contributed by atoms with van der Waals surface area (Å²) in [6.07, 6.45) is 7.48. The molecule has 20 heavy (non-hydrogen) atoms. The number of aliphatic hydroxyl groups excluding tert-OH is 1. The third-order valence-electron chi connectivity index (χ3n) is 4.88. The second-order valence-electron chi connectivity index (χ2n) is 6.44. The average Bonchev–Trinajstić information content (AvgIpc) is 2.49. The van der Waals surface area contributed by atoms with Crippen LogP contribution in [0.3, 0.4) is 0 Å². The van der Waals surface area contributed by atoms with Crippen LogP contribution in [0.25, 0.3) is 0 Å². The smallest absolute Gasteiger partial charge is 0.0782 e. The summed E-state index contributed by atoms with van der Waals surface area (Å²) < 4.78 is 0. The minimum absolute atomic E-state index is 0.0565. The lowest BCUT2D eigenvalue weighted by Gasteiger charge is -2.46. The highest BCUT2D eigenvalue weighted by Crippen LogP contribution is 2.27. The van der Waals surface area contributed by atoms with Gasteiger partial charge in [0.15, 0.2) is 0 Å². The van der Waals surface area contributed by atoms with Gasteiger partial charge in [0.05, 0.1) is 18.2 Å². The van der Waals surface area contributed by atoms with Gasteiger partial charge < -0.3 is 5.11 Å². The van der Waals surface area contributed by atoms with Crippen molar-refractivity contribution in [3.63, 3.8) is 0 Å². The number of likely N-dealkylation sites (tertiary alicyclic amines) is 2. The van der Waals surface area contributed by atoms with Crippen LogP contribution in [0.1, 0.15) is 45.4 Å². The van der Waals surface area contributed by atoms with E-state index < -0.39 is 0 Å². The van der Waals surface area contributed by atoms with Crippen molar-refractivity contribution in [2.45, 2.75) is 51.6 Å². The molecule has 0 saturated carbocycles. The zero-order valence-electron chi connectivity index (χ0n) is 12.8. The van der Waals surface area contributed by atoms with Crippen LogP contribution in [0.5, 0.6) is 0 Å². The Kier molecular flexibility index (Phi) is 6.28. The molecule has 114 valence electrons. The van der Waals surface area contributed by atoms with Crippen LogP contribution in [-0.4, -0.2) is 53.9 Å². The van der Waals surface area contributed by atoms with Crippen LogP contribution in [-0.2, 0) is 0 Å². The molecular weight excluding hydrogens is 250 g/mol. The van der Waals surface area contributed by atoms with Crippen LogP contribution >= 0.6 is 0 Å². The van der Waals surface area contributed by atoms with Gasteiger partial charge in [0.1, 0.15) is 0 Å². The van der Waals surface area contributed by atoms with Crippen molar-refractivity contribution < 1.29 is 5.11 Å². The van der Waals surface area contributed by atoms with Crippen molar-refractivity contribution in [3.8, 4) is 6.07 Å². The Hall–Kier alpha value is -0.630. The lowest BCUT2D eigenvalue weighted by molar-refractivity contribution is -0.0179. The maximum atomic E-state index is 9.39. The topological polar surface area (TPSA) is 50.5 Å². The average molecular weight is 279 g/mol. The molecule has 2 aliphatic heterocycles. The molecular formula is C16H29N3O. The van der Waals surface area contributed by atoms with Crippen molar-refractivity contribution in [1.82, 2.24) is 9.80 Å². The van der Waals surface area contributed by atoms with Gasteiger partial charge >= 0.3 is 0 Å². The first-order chi connectivity index (χ1) is 9.76. The fraction of sp³-hybridized carbons (Fsp3) is 0.938. The predicted molar refractivity (Wildman–Crippen MR) is 80.0 cm³/mol. The Morgan fingerprint density at radius 1 is 1.15 bits per heavy atom. The van der Waals surface area contributed by atoms with E-state index in [1.165, 1.54) is 32.1 Å². The molecule has 1 N–H and O–H groups in total. The Labute approximate surface area is 123 Å². The summed E-state index contributed by atoms with van der Waals surface area (Å²) in [6, 6.07) is 2.47. The summed E-state index contributed by atoms with van der Waals surface area (Å²) >= 11 is 0. The molecule has 2 aliphatic rings. The van der Waals surface area contributed by atoms with Crippen molar-refractivity contribution >= 4 is 0 Å². The molecule has 0 aromatic rings. The van der Waals surface area contributed by atoms with E-state index in [0.717, 1.165) is 32.6 Å². The van der Waals surface area contributed by atoms with Crippen LogP contribution < -0.4 is 0 Å². The third-order valence-corrected chi connectivity index (χ3v) is 4.88. The van der Waals surface area contributed by atoms with E-state index in [4.69, 9.17) is 5.11 Å². The third kappa shape index (κ3) is 3.94. The summed E-state index contributed by atoms with van der Waals surface area (Å²) in [5.74, 6) is 0.660. The number of rotatable bonds is 5. The molecule has 0 bridgehead atoms. The van der Waals surface area contributed by atoms with Crippen LogP contribution in [0.2, 0.25) is 0 Å². The van der Waals surface area contributed by atoms with Crippen molar-refractivity contribution in [2.24, 2.45) is 11.8 Å². The highest BCUT2D eigenvalue weighted by Gasteiger charge is 2.33. The molecule has 2 fully saturated rings. The second kappa shape index (κ2) is 7.97. The van der Waals surface area contributed by atoms with Gasteiger partial charge in [0.2, 0.25) is 0 Å². The second-order valence-corrected chi connectivity index (χ2v) is 6.44. The van der Waals surface area contributed by atoms with Crippen LogP contribution in [0.4, 0.5) is 0 Å². The Morgan fingerprint density at radius 3 is 2.50 bits per heavy atom. The molecule has 2 saturated heterocycles. The fourth-order valence-corrected chi connectivity index (χ4v) is 3.87. The molecule has 2 rings (SSSR count). The predicted octanol–water partition coefficient (Wildman–Crippen LogP) is 2.05. The van der Waals surface area contributed by atoms with Gasteiger partial charge in [-0.25, -0.2) is 0 Å². The molecule has 0 radical (unpaired) electrons. The zero-order chi connectivity index (χ0) is 14.4. The summed E-state index contributed by atoms with van der Waals surface area (Å²) in [6.45, 7) is 6.79. The van der Waals surface area contributed by atoms with E-state index in [0.29, 0.717) is 12.5 Å². The van der Waals surface area contributed by atoms with Crippen LogP contribution in [0.15, 0.2) is 0 Å². The van der Waals surface area contributed by atoms with E-state index in [2.05, 4.69) is 22.8 Å². The molecule has 0 aromatic heterocycles. The van der Waals surface area contributed by atoms with E-state index in [9.17, 15) is 5.26 Å². The van der Waals surface area contributed by atoms with Gasteiger partial charge in [-0.15, -0.1) is 0 Å². The SMILES string of the molecule is CC(C#N)C(N1CCCCC1)N1CCCC(CCO)C1. The van der Waals surface area contributed by atoms with Gasteiger partial charge in [0.25, 0.3) is 0 Å². The highest BCUT2D eigenvalue weighted by molar-refractivity contribution is 4.93. The van der Waals surface area contributed by atoms with Gasteiger partial charge in [0, 0.05) is 13.2 Å². The number of nitrogens with zero attached hydrogens (tertiary/aromatic N) is 3. The van der Waals surface area contributed by atoms with Gasteiger partial charge in [-0.2, -0.15) is 5.26 Å². The van der Waals surface area contributed by atoms with E-state index >= 15 is 0 Å². The van der Waals surface area contributed by atoms with E-state index in [1.807, 2.05) is 0 Å². The number of piperidine rings is 2. The first-order valence-electron chi connectivity index (χ1n) is 8.25. The monoisotopic (exact) mass is 279 g/mol. The van der Waals surface area contributed by atoms with Gasteiger partial charge in [-0.3, -0.25) is 9.80 Å². The largest absolute Gasteiger partial charge is 0.396 e. The van der Waals surface area contributed by atoms with Gasteiger partial charge in [-0.1, -0.05) is 6.42 Å². The Bertz CT molecular complexity index is 320. The molecule has 4 heteroatoms. The molecule has 0 spiro atoms. The summed E-state index contributed by atoms with van der Waals surface area (Å²) in [7, 11) is 0. The number of nitriles is 1. The molecule has 4 nitrogen and oxygen atoms in total. The normalized spacial score (nSPS) is 28.8. The lowest BCUT2D eigenvalue weighted by Crippen LogP contribution is -2.56. The zero-order valence-corrected chi connectivity index (χ0v) is 12.8. The minimum atomic E-state index is 0.0565. The molecule has 3 unspecified atom stereocenters. The summed E-state index contributed by atoms with van der Waals surface area (Å²) in [5, 5.41) is 18.6. The molecule has 0 aromatic carbocycles. The number of hydrogen-bond donors (Lipinski definition) is 1.